The number of fused-ring (bicyclic) bond motifs is 5. The molecule has 1 aromatic heterocycles. The smallest absolute Gasteiger partial charge is 0.159 e. The number of hydrogen-bond acceptors (Lipinski definition) is 4. The van der Waals surface area contributed by atoms with Crippen molar-refractivity contribution in [3.63, 3.8) is 0 Å². The number of amidine groups is 2. The largest absolute Gasteiger partial charge is 0.344 e. The molecule has 8 rings (SSSR count). The topological polar surface area (TPSA) is 36.8 Å². The van der Waals surface area contributed by atoms with Crippen molar-refractivity contribution in [2.75, 3.05) is 0 Å². The van der Waals surface area contributed by atoms with Crippen LogP contribution in [0, 0.1) is 0 Å². The Morgan fingerprint density at radius 1 is 0.488 bits per heavy atom. The van der Waals surface area contributed by atoms with Crippen LogP contribution in [0.4, 0.5) is 0 Å². The summed E-state index contributed by atoms with van der Waals surface area (Å²) in [5, 5.41) is 8.74. The maximum Gasteiger partial charge on any atom is 0.159 e. The number of hydrogen-bond donors (Lipinski definition) is 1. The zero-order valence-electron chi connectivity index (χ0n) is 22.2. The Bertz CT molecular complexity index is 2110. The maximum atomic E-state index is 5.19. The summed E-state index contributed by atoms with van der Waals surface area (Å²) in [6, 6.07) is 49.1. The van der Waals surface area contributed by atoms with Gasteiger partial charge in [-0.05, 0) is 28.0 Å². The van der Waals surface area contributed by atoms with Gasteiger partial charge in [0.25, 0.3) is 0 Å². The molecule has 1 aliphatic heterocycles. The van der Waals surface area contributed by atoms with E-state index in [1.807, 2.05) is 35.6 Å². The van der Waals surface area contributed by atoms with Gasteiger partial charge in [-0.2, -0.15) is 0 Å². The van der Waals surface area contributed by atoms with Crippen LogP contribution in [-0.2, 0) is 0 Å². The maximum absolute atomic E-state index is 5.19. The molecule has 0 saturated heterocycles. The predicted molar refractivity (Wildman–Crippen MR) is 174 cm³/mol. The third kappa shape index (κ3) is 4.21. The highest BCUT2D eigenvalue weighted by atomic mass is 32.1. The van der Waals surface area contributed by atoms with Crippen molar-refractivity contribution < 1.29 is 0 Å². The van der Waals surface area contributed by atoms with Crippen LogP contribution in [-0.4, -0.2) is 11.7 Å². The van der Waals surface area contributed by atoms with E-state index in [0.29, 0.717) is 0 Å². The minimum absolute atomic E-state index is 0.276. The van der Waals surface area contributed by atoms with Gasteiger partial charge < -0.3 is 5.32 Å². The first-order chi connectivity index (χ1) is 20.3. The predicted octanol–water partition coefficient (Wildman–Crippen LogP) is 9.37. The molecule has 1 atom stereocenters. The fourth-order valence-corrected chi connectivity index (χ4v) is 6.96. The van der Waals surface area contributed by atoms with Crippen LogP contribution in [0.2, 0.25) is 0 Å². The van der Waals surface area contributed by atoms with E-state index >= 15 is 0 Å². The van der Waals surface area contributed by atoms with Crippen LogP contribution in [0.25, 0.3) is 42.1 Å². The van der Waals surface area contributed by atoms with E-state index in [1.54, 1.807) is 0 Å². The number of rotatable bonds is 4. The molecule has 194 valence electrons. The van der Waals surface area contributed by atoms with Crippen molar-refractivity contribution in [1.29, 1.82) is 0 Å². The summed E-state index contributed by atoms with van der Waals surface area (Å²) in [5.74, 6) is 1.56. The molecular formula is C37H25N3S. The van der Waals surface area contributed by atoms with E-state index in [2.05, 4.69) is 121 Å². The first-order valence-corrected chi connectivity index (χ1v) is 14.6. The fraction of sp³-hybridized carbons (Fsp3) is 0.0270. The summed E-state index contributed by atoms with van der Waals surface area (Å²) in [7, 11) is 0. The number of aliphatic imine (C=N–C) groups is 2. The van der Waals surface area contributed by atoms with Crippen molar-refractivity contribution in [3.05, 3.63) is 156 Å². The average Bonchev–Trinajstić information content (AvgIpc) is 3.44. The van der Waals surface area contributed by atoms with Crippen molar-refractivity contribution in [3.8, 4) is 11.1 Å². The average molecular weight is 544 g/mol. The van der Waals surface area contributed by atoms with Crippen molar-refractivity contribution in [1.82, 2.24) is 5.32 Å². The first kappa shape index (κ1) is 23.8. The van der Waals surface area contributed by atoms with Crippen LogP contribution in [0.15, 0.2) is 150 Å². The van der Waals surface area contributed by atoms with Gasteiger partial charge in [0.15, 0.2) is 5.84 Å². The van der Waals surface area contributed by atoms with Crippen LogP contribution in [0.5, 0.6) is 0 Å². The second-order valence-corrected chi connectivity index (χ2v) is 11.3. The molecule has 41 heavy (non-hydrogen) atoms. The van der Waals surface area contributed by atoms with E-state index in [9.17, 15) is 0 Å². The number of benzene rings is 6. The number of nitrogens with one attached hydrogen (secondary N) is 1. The zero-order chi connectivity index (χ0) is 27.2. The number of thiophene rings is 1. The number of nitrogens with zero attached hydrogens (tertiary/aromatic N) is 2. The fourth-order valence-electron chi connectivity index (χ4n) is 5.73. The summed E-state index contributed by atoms with van der Waals surface area (Å²) in [6.07, 6.45) is -0.276. The van der Waals surface area contributed by atoms with E-state index in [1.165, 1.54) is 42.1 Å². The summed E-state index contributed by atoms with van der Waals surface area (Å²) >= 11 is 1.86. The molecule has 0 fully saturated rings. The molecule has 0 bridgehead atoms. The Hall–Kier alpha value is -5.06. The quantitative estimate of drug-likeness (QED) is 0.236. The molecule has 1 N–H and O–H groups in total. The van der Waals surface area contributed by atoms with Crippen LogP contribution < -0.4 is 5.32 Å². The normalized spacial score (nSPS) is 15.1. The lowest BCUT2D eigenvalue weighted by atomic mass is 9.99. The lowest BCUT2D eigenvalue weighted by molar-refractivity contribution is 0.679. The van der Waals surface area contributed by atoms with Gasteiger partial charge in [0.1, 0.15) is 12.0 Å². The van der Waals surface area contributed by atoms with E-state index in [4.69, 9.17) is 9.98 Å². The Morgan fingerprint density at radius 3 is 1.90 bits per heavy atom. The third-order valence-corrected chi connectivity index (χ3v) is 8.99. The zero-order valence-corrected chi connectivity index (χ0v) is 23.0. The second-order valence-electron chi connectivity index (χ2n) is 10.3. The third-order valence-electron chi connectivity index (χ3n) is 7.77. The van der Waals surface area contributed by atoms with E-state index in [-0.39, 0.29) is 6.17 Å². The van der Waals surface area contributed by atoms with Gasteiger partial charge in [0, 0.05) is 36.9 Å². The molecule has 1 unspecified atom stereocenters. The van der Waals surface area contributed by atoms with Crippen molar-refractivity contribution >= 4 is 54.0 Å². The van der Waals surface area contributed by atoms with Gasteiger partial charge in [0.2, 0.25) is 0 Å². The Balaban J connectivity index is 1.26. The Morgan fingerprint density at radius 2 is 1.10 bits per heavy atom. The molecule has 0 amide bonds. The van der Waals surface area contributed by atoms with Crippen molar-refractivity contribution in [2.24, 2.45) is 9.98 Å². The van der Waals surface area contributed by atoms with Gasteiger partial charge in [0.05, 0.1) is 0 Å². The van der Waals surface area contributed by atoms with Gasteiger partial charge in [-0.1, -0.05) is 133 Å². The molecule has 0 spiro atoms. The SMILES string of the molecule is c1ccc(C2=NC(c3ccc(-c4ccccc4)cc3)=NC(c3cccc4c3ccc3c5ccccc5sc43)N2)cc1. The van der Waals surface area contributed by atoms with Crippen LogP contribution >= 0.6 is 11.3 Å². The lowest BCUT2D eigenvalue weighted by Gasteiger charge is -2.24. The lowest BCUT2D eigenvalue weighted by Crippen LogP contribution is -2.33. The molecule has 0 aliphatic carbocycles. The monoisotopic (exact) mass is 543 g/mol. The van der Waals surface area contributed by atoms with Gasteiger partial charge in [-0.25, -0.2) is 9.98 Å². The summed E-state index contributed by atoms with van der Waals surface area (Å²) < 4.78 is 2.63. The molecule has 6 aromatic carbocycles. The van der Waals surface area contributed by atoms with E-state index in [0.717, 1.165) is 28.4 Å². The van der Waals surface area contributed by atoms with Crippen molar-refractivity contribution in [2.45, 2.75) is 6.17 Å². The highest BCUT2D eigenvalue weighted by Gasteiger charge is 2.23. The molecule has 7 aromatic rings. The molecule has 0 radical (unpaired) electrons. The van der Waals surface area contributed by atoms with Crippen LogP contribution in [0.3, 0.4) is 0 Å². The Labute approximate surface area is 242 Å². The van der Waals surface area contributed by atoms with Crippen LogP contribution in [0.1, 0.15) is 22.9 Å². The summed E-state index contributed by atoms with van der Waals surface area (Å²) in [6.45, 7) is 0. The second kappa shape index (κ2) is 9.84. The standard InChI is InChI=1S/C37H25N3S/c1-3-10-24(11-4-1)25-18-20-27(21-19-25)36-38-35(26-12-5-2-6-13-26)39-37(40-36)32-16-9-15-30-28(32)22-23-31-29-14-7-8-17-33(29)41-34(30)31/h1-23,37H,(H,38,39,40). The Kier molecular flexibility index (Phi) is 5.71. The summed E-state index contributed by atoms with van der Waals surface area (Å²) in [5.41, 5.74) is 5.55. The minimum Gasteiger partial charge on any atom is -0.344 e. The molecule has 1 aliphatic rings. The van der Waals surface area contributed by atoms with E-state index < -0.39 is 0 Å². The molecule has 4 heteroatoms. The highest BCUT2D eigenvalue weighted by molar-refractivity contribution is 7.26. The minimum atomic E-state index is -0.276. The molecular weight excluding hydrogens is 518 g/mol. The molecule has 0 saturated carbocycles. The van der Waals surface area contributed by atoms with Gasteiger partial charge >= 0.3 is 0 Å². The summed E-state index contributed by atoms with van der Waals surface area (Å²) in [4.78, 5) is 10.2. The van der Waals surface area contributed by atoms with Gasteiger partial charge in [-0.15, -0.1) is 11.3 Å². The highest BCUT2D eigenvalue weighted by Crippen LogP contribution is 2.40. The first-order valence-electron chi connectivity index (χ1n) is 13.8. The molecule has 3 nitrogen and oxygen atoms in total. The van der Waals surface area contributed by atoms with Gasteiger partial charge in [-0.3, -0.25) is 0 Å². The molecule has 2 heterocycles.